The van der Waals surface area contributed by atoms with Crippen LogP contribution in [0, 0.1) is 25.3 Å². The number of benzene rings is 2. The zero-order chi connectivity index (χ0) is 14.7. The van der Waals surface area contributed by atoms with E-state index < -0.39 is 16.4 Å². The van der Waals surface area contributed by atoms with E-state index in [9.17, 15) is 18.9 Å². The van der Waals surface area contributed by atoms with Crippen LogP contribution in [0.5, 0.6) is 0 Å². The number of nitro benzene ring substituents is 1. The van der Waals surface area contributed by atoms with Crippen molar-refractivity contribution >= 4 is 34.0 Å². The lowest BCUT2D eigenvalue weighted by atomic mass is 10.2. The van der Waals surface area contributed by atoms with Gasteiger partial charge in [0, 0.05) is 21.9 Å². The Morgan fingerprint density at radius 1 is 1.20 bits per heavy atom. The van der Waals surface area contributed by atoms with Crippen LogP contribution in [0.15, 0.2) is 36.4 Å². The molecule has 0 heterocycles. The van der Waals surface area contributed by atoms with Gasteiger partial charge in [0.25, 0.3) is 0 Å². The van der Waals surface area contributed by atoms with Gasteiger partial charge in [-0.15, -0.1) is 0 Å². The van der Waals surface area contributed by atoms with Gasteiger partial charge in [0.2, 0.25) is 5.82 Å². The van der Waals surface area contributed by atoms with Crippen molar-refractivity contribution in [3.8, 4) is 0 Å². The van der Waals surface area contributed by atoms with E-state index in [2.05, 4.69) is 5.32 Å². The molecule has 0 fully saturated rings. The van der Waals surface area contributed by atoms with E-state index in [4.69, 9.17) is 0 Å². The van der Waals surface area contributed by atoms with Gasteiger partial charge in [-0.2, -0.15) is 4.39 Å². The summed E-state index contributed by atoms with van der Waals surface area (Å²) >= 11 is 1.98. The smallest absolute Gasteiger partial charge is 0.304 e. The van der Waals surface area contributed by atoms with Crippen LogP contribution < -0.4 is 5.32 Å². The van der Waals surface area contributed by atoms with E-state index >= 15 is 0 Å². The number of rotatable bonds is 4. The molecule has 0 aromatic heterocycles. The monoisotopic (exact) mass is 390 g/mol. The van der Waals surface area contributed by atoms with E-state index in [1.165, 1.54) is 18.2 Å². The number of hydrogen-bond acceptors (Lipinski definition) is 3. The van der Waals surface area contributed by atoms with Crippen molar-refractivity contribution in [3.63, 3.8) is 0 Å². The van der Waals surface area contributed by atoms with Gasteiger partial charge in [-0.1, -0.05) is 6.07 Å². The molecule has 2 aromatic rings. The van der Waals surface area contributed by atoms with Crippen LogP contribution in [0.25, 0.3) is 0 Å². The minimum absolute atomic E-state index is 0.288. The second-order valence-corrected chi connectivity index (χ2v) is 5.18. The number of nitrogens with zero attached hydrogens (tertiary/aromatic N) is 1. The van der Waals surface area contributed by atoms with E-state index in [1.807, 2.05) is 22.6 Å². The predicted molar refractivity (Wildman–Crippen MR) is 79.5 cm³/mol. The lowest BCUT2D eigenvalue weighted by Crippen LogP contribution is -2.02. The van der Waals surface area contributed by atoms with E-state index in [0.717, 1.165) is 12.1 Å². The van der Waals surface area contributed by atoms with Crippen LogP contribution in [0.3, 0.4) is 0 Å². The zero-order valence-electron chi connectivity index (χ0n) is 10.1. The molecular weight excluding hydrogens is 381 g/mol. The third kappa shape index (κ3) is 3.41. The molecule has 0 aliphatic rings. The average molecular weight is 390 g/mol. The van der Waals surface area contributed by atoms with Gasteiger partial charge < -0.3 is 5.32 Å². The highest BCUT2D eigenvalue weighted by molar-refractivity contribution is 14.1. The molecule has 0 aliphatic carbocycles. The lowest BCUT2D eigenvalue weighted by molar-refractivity contribution is -0.387. The zero-order valence-corrected chi connectivity index (χ0v) is 12.2. The highest BCUT2D eigenvalue weighted by atomic mass is 127. The third-order valence-electron chi connectivity index (χ3n) is 2.62. The maximum absolute atomic E-state index is 13.4. The normalized spacial score (nSPS) is 10.3. The number of nitro groups is 1. The summed E-state index contributed by atoms with van der Waals surface area (Å²) in [5.74, 6) is -1.20. The van der Waals surface area contributed by atoms with Crippen LogP contribution in [-0.4, -0.2) is 4.92 Å². The SMILES string of the molecule is O=[N+]([O-])c1ccc(CNc2ccc(F)cc2I)cc1F. The summed E-state index contributed by atoms with van der Waals surface area (Å²) in [6, 6.07) is 7.99. The molecule has 104 valence electrons. The summed E-state index contributed by atoms with van der Waals surface area (Å²) in [4.78, 5) is 9.73. The highest BCUT2D eigenvalue weighted by Gasteiger charge is 2.13. The van der Waals surface area contributed by atoms with Gasteiger partial charge in [0.05, 0.1) is 4.92 Å². The van der Waals surface area contributed by atoms with Gasteiger partial charge >= 0.3 is 5.69 Å². The Labute approximate surface area is 127 Å². The van der Waals surface area contributed by atoms with Crippen molar-refractivity contribution in [2.75, 3.05) is 5.32 Å². The van der Waals surface area contributed by atoms with E-state index in [0.29, 0.717) is 14.8 Å². The Morgan fingerprint density at radius 3 is 2.55 bits per heavy atom. The second kappa shape index (κ2) is 6.12. The first-order valence-corrected chi connectivity index (χ1v) is 6.67. The fourth-order valence-electron chi connectivity index (χ4n) is 1.64. The van der Waals surface area contributed by atoms with E-state index in [-0.39, 0.29) is 12.4 Å². The highest BCUT2D eigenvalue weighted by Crippen LogP contribution is 2.21. The molecule has 0 amide bonds. The Morgan fingerprint density at radius 2 is 1.95 bits per heavy atom. The molecule has 2 rings (SSSR count). The third-order valence-corrected chi connectivity index (χ3v) is 3.52. The van der Waals surface area contributed by atoms with Gasteiger partial charge in [-0.05, 0) is 52.4 Å². The van der Waals surface area contributed by atoms with Gasteiger partial charge in [-0.25, -0.2) is 4.39 Å². The Bertz CT molecular complexity index is 665. The van der Waals surface area contributed by atoms with Crippen LogP contribution >= 0.6 is 22.6 Å². The van der Waals surface area contributed by atoms with Crippen LogP contribution in [0.1, 0.15) is 5.56 Å². The van der Waals surface area contributed by atoms with Gasteiger partial charge in [-0.3, -0.25) is 10.1 Å². The standard InChI is InChI=1S/C13H9F2IN2O2/c14-9-2-3-12(11(16)6-9)17-7-8-1-4-13(18(19)20)10(15)5-8/h1-6,17H,7H2. The summed E-state index contributed by atoms with van der Waals surface area (Å²) in [6.07, 6.45) is 0. The fraction of sp³-hybridized carbons (Fsp3) is 0.0769. The molecule has 0 aliphatic heterocycles. The molecular formula is C13H9F2IN2O2. The maximum atomic E-state index is 13.4. The summed E-state index contributed by atoms with van der Waals surface area (Å²) in [6.45, 7) is 0.288. The maximum Gasteiger partial charge on any atom is 0.304 e. The number of hydrogen-bond donors (Lipinski definition) is 1. The van der Waals surface area contributed by atoms with Crippen molar-refractivity contribution in [3.05, 3.63) is 67.3 Å². The van der Waals surface area contributed by atoms with Crippen LogP contribution in [0.4, 0.5) is 20.2 Å². The number of halogens is 3. The van der Waals surface area contributed by atoms with Crippen molar-refractivity contribution < 1.29 is 13.7 Å². The summed E-state index contributed by atoms with van der Waals surface area (Å²) in [5, 5.41) is 13.5. The molecule has 0 unspecified atom stereocenters. The average Bonchev–Trinajstić information content (AvgIpc) is 2.37. The molecule has 0 saturated heterocycles. The van der Waals surface area contributed by atoms with Crippen LogP contribution in [-0.2, 0) is 6.54 Å². The first-order chi connectivity index (χ1) is 9.47. The molecule has 0 radical (unpaired) electrons. The molecule has 0 saturated carbocycles. The van der Waals surface area contributed by atoms with E-state index in [1.54, 1.807) is 6.07 Å². The van der Waals surface area contributed by atoms with Gasteiger partial charge in [0.1, 0.15) is 5.82 Å². The first kappa shape index (κ1) is 14.6. The predicted octanol–water partition coefficient (Wildman–Crippen LogP) is 4.09. The molecule has 0 spiro atoms. The molecule has 1 N–H and O–H groups in total. The molecule has 0 atom stereocenters. The minimum atomic E-state index is -0.872. The molecule has 2 aromatic carbocycles. The Kier molecular flexibility index (Phi) is 4.48. The number of nitrogens with one attached hydrogen (secondary N) is 1. The topological polar surface area (TPSA) is 55.2 Å². The summed E-state index contributed by atoms with van der Waals surface area (Å²) in [5.41, 5.74) is 0.726. The minimum Gasteiger partial charge on any atom is -0.380 e. The first-order valence-electron chi connectivity index (χ1n) is 5.59. The largest absolute Gasteiger partial charge is 0.380 e. The molecule has 4 nitrogen and oxygen atoms in total. The lowest BCUT2D eigenvalue weighted by Gasteiger charge is -2.09. The van der Waals surface area contributed by atoms with Crippen LogP contribution in [0.2, 0.25) is 0 Å². The van der Waals surface area contributed by atoms with Crippen molar-refractivity contribution in [2.45, 2.75) is 6.54 Å². The van der Waals surface area contributed by atoms with Gasteiger partial charge in [0.15, 0.2) is 0 Å². The Balaban J connectivity index is 2.11. The Hall–Kier alpha value is -1.77. The molecule has 20 heavy (non-hydrogen) atoms. The van der Waals surface area contributed by atoms with Crippen molar-refractivity contribution in [1.82, 2.24) is 0 Å². The summed E-state index contributed by atoms with van der Waals surface area (Å²) in [7, 11) is 0. The quantitative estimate of drug-likeness (QED) is 0.486. The number of anilines is 1. The second-order valence-electron chi connectivity index (χ2n) is 4.02. The van der Waals surface area contributed by atoms with Crippen molar-refractivity contribution in [2.24, 2.45) is 0 Å². The van der Waals surface area contributed by atoms with Crippen molar-refractivity contribution in [1.29, 1.82) is 0 Å². The fourth-order valence-corrected chi connectivity index (χ4v) is 2.31. The summed E-state index contributed by atoms with van der Waals surface area (Å²) < 4.78 is 27.1. The molecule has 7 heteroatoms. The molecule has 0 bridgehead atoms.